The molecule has 2 aromatic carbocycles. The lowest BCUT2D eigenvalue weighted by Crippen LogP contribution is -2.36. The van der Waals surface area contributed by atoms with Gasteiger partial charge in [0, 0.05) is 11.8 Å². The normalized spacial score (nSPS) is 13.9. The quantitative estimate of drug-likeness (QED) is 0.442. The second-order valence-electron chi connectivity index (χ2n) is 7.95. The fraction of sp³-hybridized carbons (Fsp3) is 0.240. The summed E-state index contributed by atoms with van der Waals surface area (Å²) in [7, 11) is 1.64. The van der Waals surface area contributed by atoms with E-state index in [0.29, 0.717) is 30.3 Å². The van der Waals surface area contributed by atoms with Crippen molar-refractivity contribution in [2.75, 3.05) is 25.2 Å². The molecule has 168 valence electrons. The molecule has 0 saturated carbocycles. The first-order valence-electron chi connectivity index (χ1n) is 10.7. The summed E-state index contributed by atoms with van der Waals surface area (Å²) in [5, 5.41) is 0. The van der Waals surface area contributed by atoms with Crippen LogP contribution in [0.2, 0.25) is 0 Å². The number of halogens is 1. The van der Waals surface area contributed by atoms with E-state index in [9.17, 15) is 4.39 Å². The number of benzene rings is 2. The Morgan fingerprint density at radius 2 is 1.91 bits per heavy atom. The van der Waals surface area contributed by atoms with Gasteiger partial charge in [-0.1, -0.05) is 18.2 Å². The second kappa shape index (κ2) is 8.54. The number of nitrogens with zero attached hydrogens (tertiary/aromatic N) is 5. The molecule has 4 aromatic rings. The maximum atomic E-state index is 13.4. The molecule has 0 amide bonds. The van der Waals surface area contributed by atoms with E-state index in [1.54, 1.807) is 31.9 Å². The third-order valence-corrected chi connectivity index (χ3v) is 5.90. The predicted octanol–water partition coefficient (Wildman–Crippen LogP) is 4.75. The fourth-order valence-electron chi connectivity index (χ4n) is 4.15. The van der Waals surface area contributed by atoms with Crippen LogP contribution in [-0.2, 0) is 0 Å². The van der Waals surface area contributed by atoms with Crippen LogP contribution in [0, 0.1) is 12.7 Å². The van der Waals surface area contributed by atoms with Gasteiger partial charge in [0.2, 0.25) is 0 Å². The highest BCUT2D eigenvalue weighted by Gasteiger charge is 2.28. The van der Waals surface area contributed by atoms with Gasteiger partial charge in [0.15, 0.2) is 11.6 Å². The molecule has 0 aliphatic carbocycles. The fourth-order valence-corrected chi connectivity index (χ4v) is 4.15. The van der Waals surface area contributed by atoms with Crippen LogP contribution < -0.4 is 14.4 Å². The molecule has 1 atom stereocenters. The van der Waals surface area contributed by atoms with Crippen molar-refractivity contribution in [3.63, 3.8) is 0 Å². The van der Waals surface area contributed by atoms with Crippen LogP contribution in [-0.4, -0.2) is 39.8 Å². The Bertz CT molecular complexity index is 1290. The summed E-state index contributed by atoms with van der Waals surface area (Å²) in [4.78, 5) is 15.5. The molecule has 0 saturated heterocycles. The third-order valence-electron chi connectivity index (χ3n) is 5.90. The van der Waals surface area contributed by atoms with Crippen LogP contribution >= 0.6 is 0 Å². The lowest BCUT2D eigenvalue weighted by molar-refractivity contribution is 0.299. The summed E-state index contributed by atoms with van der Waals surface area (Å²) in [6.07, 6.45) is 5.26. The molecule has 0 fully saturated rings. The molecule has 33 heavy (non-hydrogen) atoms. The molecule has 1 aliphatic rings. The van der Waals surface area contributed by atoms with Crippen LogP contribution in [0.5, 0.6) is 11.5 Å². The van der Waals surface area contributed by atoms with E-state index < -0.39 is 0 Å². The SMILES string of the molecule is COc1cc(-c2ncnc3c2OCCN3C(C)c2ccc(F)cc2)ccc1-n1cnc(C)c1. The molecule has 1 unspecified atom stereocenters. The molecular weight excluding hydrogens is 421 g/mol. The van der Waals surface area contributed by atoms with Crippen LogP contribution in [0.4, 0.5) is 10.2 Å². The summed E-state index contributed by atoms with van der Waals surface area (Å²) in [6.45, 7) is 5.20. The Kier molecular flexibility index (Phi) is 5.42. The van der Waals surface area contributed by atoms with E-state index in [1.165, 1.54) is 12.1 Å². The molecule has 7 nitrogen and oxygen atoms in total. The summed E-state index contributed by atoms with van der Waals surface area (Å²) < 4.78 is 27.1. The number of hydrogen-bond acceptors (Lipinski definition) is 6. The minimum Gasteiger partial charge on any atom is -0.495 e. The number of imidazole rings is 1. The molecule has 0 radical (unpaired) electrons. The number of anilines is 1. The number of aromatic nitrogens is 4. The second-order valence-corrected chi connectivity index (χ2v) is 7.95. The Balaban J connectivity index is 1.53. The van der Waals surface area contributed by atoms with Gasteiger partial charge in [0.05, 0.1) is 37.4 Å². The highest BCUT2D eigenvalue weighted by atomic mass is 19.1. The monoisotopic (exact) mass is 445 g/mol. The van der Waals surface area contributed by atoms with Gasteiger partial charge in [0.25, 0.3) is 0 Å². The molecule has 1 aliphatic heterocycles. The van der Waals surface area contributed by atoms with Crippen molar-refractivity contribution in [2.45, 2.75) is 19.9 Å². The Labute approximate surface area is 191 Å². The lowest BCUT2D eigenvalue weighted by atomic mass is 10.0. The Morgan fingerprint density at radius 3 is 2.64 bits per heavy atom. The zero-order valence-corrected chi connectivity index (χ0v) is 18.7. The molecule has 8 heteroatoms. The summed E-state index contributed by atoms with van der Waals surface area (Å²) in [6, 6.07) is 12.5. The van der Waals surface area contributed by atoms with E-state index in [1.807, 2.05) is 35.9 Å². The first-order chi connectivity index (χ1) is 16.0. The molecule has 0 spiro atoms. The van der Waals surface area contributed by atoms with Crippen molar-refractivity contribution in [3.05, 3.63) is 78.4 Å². The van der Waals surface area contributed by atoms with Crippen molar-refractivity contribution < 1.29 is 13.9 Å². The van der Waals surface area contributed by atoms with E-state index in [0.717, 1.165) is 28.3 Å². The molecule has 2 aromatic heterocycles. The number of ether oxygens (including phenoxy) is 2. The first kappa shape index (κ1) is 20.9. The van der Waals surface area contributed by atoms with Gasteiger partial charge in [-0.3, -0.25) is 0 Å². The van der Waals surface area contributed by atoms with Crippen LogP contribution in [0.25, 0.3) is 16.9 Å². The third kappa shape index (κ3) is 3.88. The summed E-state index contributed by atoms with van der Waals surface area (Å²) in [5.41, 5.74) is 4.38. The molecule has 5 rings (SSSR count). The zero-order chi connectivity index (χ0) is 22.9. The van der Waals surface area contributed by atoms with Crippen molar-refractivity contribution >= 4 is 5.82 Å². The average Bonchev–Trinajstić information content (AvgIpc) is 3.29. The first-order valence-corrected chi connectivity index (χ1v) is 10.7. The van der Waals surface area contributed by atoms with Gasteiger partial charge in [-0.25, -0.2) is 19.3 Å². The number of aryl methyl sites for hydroxylation is 1. The van der Waals surface area contributed by atoms with Gasteiger partial charge in [-0.15, -0.1) is 0 Å². The molecule has 0 bridgehead atoms. The average molecular weight is 445 g/mol. The molecule has 3 heterocycles. The number of methoxy groups -OCH3 is 1. The van der Waals surface area contributed by atoms with Gasteiger partial charge < -0.3 is 18.9 Å². The van der Waals surface area contributed by atoms with Crippen LogP contribution in [0.1, 0.15) is 24.2 Å². The minimum atomic E-state index is -0.249. The minimum absolute atomic E-state index is 0.00241. The Hall–Kier alpha value is -3.94. The zero-order valence-electron chi connectivity index (χ0n) is 18.7. The molecule has 0 N–H and O–H groups in total. The van der Waals surface area contributed by atoms with Crippen molar-refractivity contribution in [1.82, 2.24) is 19.5 Å². The van der Waals surface area contributed by atoms with Crippen molar-refractivity contribution in [3.8, 4) is 28.4 Å². The van der Waals surface area contributed by atoms with Crippen molar-refractivity contribution in [2.24, 2.45) is 0 Å². The lowest BCUT2D eigenvalue weighted by Gasteiger charge is -2.35. The van der Waals surface area contributed by atoms with E-state index in [2.05, 4.69) is 26.8 Å². The number of hydrogen-bond donors (Lipinski definition) is 0. The van der Waals surface area contributed by atoms with Gasteiger partial charge in [-0.05, 0) is 43.7 Å². The maximum absolute atomic E-state index is 13.4. The van der Waals surface area contributed by atoms with E-state index in [4.69, 9.17) is 9.47 Å². The maximum Gasteiger partial charge on any atom is 0.188 e. The topological polar surface area (TPSA) is 65.3 Å². The summed E-state index contributed by atoms with van der Waals surface area (Å²) >= 11 is 0. The highest BCUT2D eigenvalue weighted by molar-refractivity contribution is 5.76. The van der Waals surface area contributed by atoms with E-state index >= 15 is 0 Å². The van der Waals surface area contributed by atoms with Gasteiger partial charge >= 0.3 is 0 Å². The molecular formula is C25H24FN5O2. The predicted molar refractivity (Wildman–Crippen MR) is 124 cm³/mol. The van der Waals surface area contributed by atoms with Gasteiger partial charge in [-0.2, -0.15) is 0 Å². The summed E-state index contributed by atoms with van der Waals surface area (Å²) in [5.74, 6) is 1.80. The largest absolute Gasteiger partial charge is 0.495 e. The van der Waals surface area contributed by atoms with Crippen molar-refractivity contribution in [1.29, 1.82) is 0 Å². The van der Waals surface area contributed by atoms with Crippen LogP contribution in [0.3, 0.4) is 0 Å². The Morgan fingerprint density at radius 1 is 1.09 bits per heavy atom. The number of fused-ring (bicyclic) bond motifs is 1. The van der Waals surface area contributed by atoms with E-state index in [-0.39, 0.29) is 11.9 Å². The number of rotatable bonds is 5. The smallest absolute Gasteiger partial charge is 0.188 e. The van der Waals surface area contributed by atoms with Crippen LogP contribution in [0.15, 0.2) is 61.3 Å². The highest BCUT2D eigenvalue weighted by Crippen LogP contribution is 2.42. The standard InChI is InChI=1S/C25H24FN5O2/c1-16-13-30(15-29-16)21-9-6-19(12-22(21)32-3)23-24-25(28-14-27-23)31(10-11-33-24)17(2)18-4-7-20(26)8-5-18/h4-9,12-15,17H,10-11H2,1-3H3. The van der Waals surface area contributed by atoms with Gasteiger partial charge in [0.1, 0.15) is 30.2 Å².